The Kier molecular flexibility index (Phi) is 2.49. The molecule has 1 spiro atoms. The van der Waals surface area contributed by atoms with Crippen molar-refractivity contribution in [1.29, 1.82) is 0 Å². The lowest BCUT2D eigenvalue weighted by atomic mass is 9.88. The third-order valence-corrected chi connectivity index (χ3v) is 3.32. The standard InChI is InChI=1S/C10H17NO3/c1-13-9(12)8(11)7-2-5-14-10(6-7)3-4-10/h7-8H,2-6,11H2,1H3/t7-,8+/m1/s1. The van der Waals surface area contributed by atoms with Crippen LogP contribution in [-0.2, 0) is 14.3 Å². The number of rotatable bonds is 2. The van der Waals surface area contributed by atoms with Gasteiger partial charge in [0.05, 0.1) is 12.7 Å². The second-order valence-corrected chi connectivity index (χ2v) is 4.33. The smallest absolute Gasteiger partial charge is 0.322 e. The fourth-order valence-electron chi connectivity index (χ4n) is 2.19. The molecule has 1 aliphatic heterocycles. The zero-order valence-corrected chi connectivity index (χ0v) is 8.49. The topological polar surface area (TPSA) is 61.5 Å². The van der Waals surface area contributed by atoms with Crippen molar-refractivity contribution in [2.24, 2.45) is 11.7 Å². The minimum Gasteiger partial charge on any atom is -0.468 e. The monoisotopic (exact) mass is 199 g/mol. The van der Waals surface area contributed by atoms with Gasteiger partial charge >= 0.3 is 5.97 Å². The van der Waals surface area contributed by atoms with E-state index in [0.717, 1.165) is 32.3 Å². The summed E-state index contributed by atoms with van der Waals surface area (Å²) < 4.78 is 10.3. The molecule has 1 saturated carbocycles. The number of ether oxygens (including phenoxy) is 2. The van der Waals surface area contributed by atoms with E-state index >= 15 is 0 Å². The highest BCUT2D eigenvalue weighted by Crippen LogP contribution is 2.48. The number of hydrogen-bond donors (Lipinski definition) is 1. The summed E-state index contributed by atoms with van der Waals surface area (Å²) in [6.07, 6.45) is 4.04. The maximum absolute atomic E-state index is 11.3. The van der Waals surface area contributed by atoms with Crippen LogP contribution in [-0.4, -0.2) is 31.3 Å². The molecule has 0 aromatic rings. The maximum atomic E-state index is 11.3. The lowest BCUT2D eigenvalue weighted by molar-refractivity contribution is -0.145. The Morgan fingerprint density at radius 1 is 1.64 bits per heavy atom. The van der Waals surface area contributed by atoms with Crippen LogP contribution < -0.4 is 5.73 Å². The molecule has 0 bridgehead atoms. The first-order valence-corrected chi connectivity index (χ1v) is 5.14. The van der Waals surface area contributed by atoms with Gasteiger partial charge in [0.15, 0.2) is 0 Å². The van der Waals surface area contributed by atoms with Gasteiger partial charge < -0.3 is 15.2 Å². The summed E-state index contributed by atoms with van der Waals surface area (Å²) in [7, 11) is 1.38. The summed E-state index contributed by atoms with van der Waals surface area (Å²) in [5.41, 5.74) is 5.90. The molecule has 0 aromatic heterocycles. The summed E-state index contributed by atoms with van der Waals surface area (Å²) in [6, 6.07) is -0.471. The summed E-state index contributed by atoms with van der Waals surface area (Å²) in [6.45, 7) is 0.732. The highest BCUT2D eigenvalue weighted by atomic mass is 16.5. The molecule has 0 radical (unpaired) electrons. The van der Waals surface area contributed by atoms with E-state index in [1.807, 2.05) is 0 Å². The third kappa shape index (κ3) is 1.77. The summed E-state index contributed by atoms with van der Waals surface area (Å²) in [4.78, 5) is 11.3. The molecule has 1 saturated heterocycles. The number of hydrogen-bond acceptors (Lipinski definition) is 4. The molecule has 0 aromatic carbocycles. The second-order valence-electron chi connectivity index (χ2n) is 4.33. The van der Waals surface area contributed by atoms with E-state index < -0.39 is 6.04 Å². The van der Waals surface area contributed by atoms with Crippen LogP contribution in [0.3, 0.4) is 0 Å². The van der Waals surface area contributed by atoms with Crippen molar-refractivity contribution in [3.05, 3.63) is 0 Å². The van der Waals surface area contributed by atoms with Gasteiger partial charge in [-0.15, -0.1) is 0 Å². The van der Waals surface area contributed by atoms with Gasteiger partial charge in [-0.1, -0.05) is 0 Å². The van der Waals surface area contributed by atoms with Gasteiger partial charge in [-0.25, -0.2) is 0 Å². The quantitative estimate of drug-likeness (QED) is 0.656. The predicted molar refractivity (Wildman–Crippen MR) is 50.6 cm³/mol. The zero-order chi connectivity index (χ0) is 10.2. The van der Waals surface area contributed by atoms with Crippen LogP contribution in [0.4, 0.5) is 0 Å². The number of esters is 1. The van der Waals surface area contributed by atoms with Crippen LogP contribution in [0.5, 0.6) is 0 Å². The Morgan fingerprint density at radius 2 is 2.36 bits per heavy atom. The largest absolute Gasteiger partial charge is 0.468 e. The van der Waals surface area contributed by atoms with Crippen molar-refractivity contribution in [3.63, 3.8) is 0 Å². The van der Waals surface area contributed by atoms with E-state index in [4.69, 9.17) is 10.5 Å². The molecule has 1 aliphatic carbocycles. The maximum Gasteiger partial charge on any atom is 0.322 e. The van der Waals surface area contributed by atoms with E-state index in [1.165, 1.54) is 7.11 Å². The normalized spacial score (nSPS) is 31.1. The van der Waals surface area contributed by atoms with Crippen LogP contribution in [0.2, 0.25) is 0 Å². The molecule has 2 atom stereocenters. The molecule has 14 heavy (non-hydrogen) atoms. The van der Waals surface area contributed by atoms with Gasteiger partial charge in [-0.3, -0.25) is 4.79 Å². The Morgan fingerprint density at radius 3 is 2.93 bits per heavy atom. The Labute approximate surface area is 83.7 Å². The fourth-order valence-corrected chi connectivity index (χ4v) is 2.19. The molecular weight excluding hydrogens is 182 g/mol. The van der Waals surface area contributed by atoms with Crippen molar-refractivity contribution in [3.8, 4) is 0 Å². The SMILES string of the molecule is COC(=O)[C@@H](N)[C@@H]1CCOC2(CC2)C1. The Bertz CT molecular complexity index is 238. The van der Waals surface area contributed by atoms with Gasteiger partial charge in [0.25, 0.3) is 0 Å². The lowest BCUT2D eigenvalue weighted by Crippen LogP contribution is -2.44. The lowest BCUT2D eigenvalue weighted by Gasteiger charge is -2.32. The molecule has 1 heterocycles. The minimum absolute atomic E-state index is 0.0779. The van der Waals surface area contributed by atoms with Crippen molar-refractivity contribution >= 4 is 5.97 Å². The van der Waals surface area contributed by atoms with E-state index in [0.29, 0.717) is 0 Å². The summed E-state index contributed by atoms with van der Waals surface area (Å²) in [5.74, 6) is -0.0635. The Balaban J connectivity index is 1.93. The van der Waals surface area contributed by atoms with Crippen molar-refractivity contribution < 1.29 is 14.3 Å². The fraction of sp³-hybridized carbons (Fsp3) is 0.900. The van der Waals surface area contributed by atoms with Crippen LogP contribution in [0.15, 0.2) is 0 Å². The third-order valence-electron chi connectivity index (χ3n) is 3.32. The second kappa shape index (κ2) is 3.51. The molecule has 4 nitrogen and oxygen atoms in total. The molecule has 2 N–H and O–H groups in total. The molecule has 4 heteroatoms. The van der Waals surface area contributed by atoms with Gasteiger partial charge in [0.1, 0.15) is 6.04 Å². The average Bonchev–Trinajstić information content (AvgIpc) is 2.95. The first kappa shape index (κ1) is 9.93. The van der Waals surface area contributed by atoms with Crippen molar-refractivity contribution in [2.75, 3.05) is 13.7 Å². The minimum atomic E-state index is -0.471. The van der Waals surface area contributed by atoms with E-state index in [-0.39, 0.29) is 17.5 Å². The predicted octanol–water partition coefficient (Wildman–Crippen LogP) is 0.446. The van der Waals surface area contributed by atoms with Gasteiger partial charge in [-0.05, 0) is 31.6 Å². The summed E-state index contributed by atoms with van der Waals surface area (Å²) >= 11 is 0. The molecule has 0 amide bonds. The number of methoxy groups -OCH3 is 1. The van der Waals surface area contributed by atoms with Crippen molar-refractivity contribution in [1.82, 2.24) is 0 Å². The molecule has 80 valence electrons. The van der Waals surface area contributed by atoms with E-state index in [2.05, 4.69) is 4.74 Å². The van der Waals surface area contributed by atoms with E-state index in [9.17, 15) is 4.79 Å². The molecular formula is C10H17NO3. The number of carbonyl (C=O) groups excluding carboxylic acids is 1. The van der Waals surface area contributed by atoms with E-state index in [1.54, 1.807) is 0 Å². The molecule has 2 aliphatic rings. The average molecular weight is 199 g/mol. The van der Waals surface area contributed by atoms with Crippen LogP contribution in [0.1, 0.15) is 25.7 Å². The molecule has 2 rings (SSSR count). The highest BCUT2D eigenvalue weighted by molar-refractivity contribution is 5.75. The van der Waals surface area contributed by atoms with Gasteiger partial charge in [0, 0.05) is 6.61 Å². The van der Waals surface area contributed by atoms with Crippen LogP contribution >= 0.6 is 0 Å². The highest BCUT2D eigenvalue weighted by Gasteiger charge is 2.49. The molecule has 0 unspecified atom stereocenters. The van der Waals surface area contributed by atoms with Gasteiger partial charge in [-0.2, -0.15) is 0 Å². The number of nitrogens with two attached hydrogens (primary N) is 1. The summed E-state index contributed by atoms with van der Waals surface area (Å²) in [5, 5.41) is 0. The number of carbonyl (C=O) groups is 1. The van der Waals surface area contributed by atoms with Gasteiger partial charge in [0.2, 0.25) is 0 Å². The van der Waals surface area contributed by atoms with Crippen molar-refractivity contribution in [2.45, 2.75) is 37.3 Å². The first-order chi connectivity index (χ1) is 6.67. The van der Waals surface area contributed by atoms with Crippen LogP contribution in [0, 0.1) is 5.92 Å². The molecule has 2 fully saturated rings. The van der Waals surface area contributed by atoms with Crippen LogP contribution in [0.25, 0.3) is 0 Å². The Hall–Kier alpha value is -0.610. The first-order valence-electron chi connectivity index (χ1n) is 5.14. The zero-order valence-electron chi connectivity index (χ0n) is 8.49.